The third-order valence-electron chi connectivity index (χ3n) is 4.51. The summed E-state index contributed by atoms with van der Waals surface area (Å²) in [4.78, 5) is 24.3. The fraction of sp³-hybridized carbons (Fsp3) is 0.529. The van der Waals surface area contributed by atoms with Crippen LogP contribution < -0.4 is 5.32 Å². The minimum Gasteiger partial charge on any atom is -0.449 e. The van der Waals surface area contributed by atoms with Gasteiger partial charge in [-0.15, -0.1) is 0 Å². The van der Waals surface area contributed by atoms with Gasteiger partial charge in [-0.25, -0.2) is 13.2 Å². The Morgan fingerprint density at radius 2 is 1.92 bits per heavy atom. The van der Waals surface area contributed by atoms with Gasteiger partial charge in [-0.2, -0.15) is 4.31 Å². The molecule has 1 aromatic carbocycles. The second kappa shape index (κ2) is 7.53. The van der Waals surface area contributed by atoms with Crippen molar-refractivity contribution in [3.63, 3.8) is 0 Å². The fourth-order valence-electron chi connectivity index (χ4n) is 3.08. The van der Waals surface area contributed by atoms with Gasteiger partial charge < -0.3 is 10.1 Å². The Hall–Kier alpha value is -1.93. The first kappa shape index (κ1) is 17.9. The molecular formula is C17H22N2O5S. The molecule has 3 rings (SSSR count). The number of carbonyl (C=O) groups excluding carboxylic acids is 2. The Morgan fingerprint density at radius 1 is 1.16 bits per heavy atom. The maximum Gasteiger partial charge on any atom is 0.338 e. The zero-order valence-electron chi connectivity index (χ0n) is 13.9. The summed E-state index contributed by atoms with van der Waals surface area (Å²) >= 11 is 0. The molecule has 7 nitrogen and oxygen atoms in total. The highest BCUT2D eigenvalue weighted by Crippen LogP contribution is 2.22. The highest BCUT2D eigenvalue weighted by Gasteiger charge is 2.29. The van der Waals surface area contributed by atoms with Gasteiger partial charge >= 0.3 is 5.97 Å². The van der Waals surface area contributed by atoms with Gasteiger partial charge in [-0.05, 0) is 50.3 Å². The van der Waals surface area contributed by atoms with Crippen molar-refractivity contribution in [2.75, 3.05) is 19.6 Å². The first-order valence-electron chi connectivity index (χ1n) is 8.57. The second-order valence-corrected chi connectivity index (χ2v) is 8.26. The number of ether oxygens (including phenoxy) is 1. The van der Waals surface area contributed by atoms with Crippen molar-refractivity contribution in [3.8, 4) is 0 Å². The molecule has 1 atom stereocenters. The first-order chi connectivity index (χ1) is 12.0. The highest BCUT2D eigenvalue weighted by molar-refractivity contribution is 7.89. The lowest BCUT2D eigenvalue weighted by Gasteiger charge is -2.17. The number of esters is 1. The lowest BCUT2D eigenvalue weighted by atomic mass is 10.1. The number of carbonyl (C=O) groups is 2. The van der Waals surface area contributed by atoms with E-state index in [0.717, 1.165) is 25.7 Å². The van der Waals surface area contributed by atoms with Crippen LogP contribution in [0.25, 0.3) is 0 Å². The van der Waals surface area contributed by atoms with Crippen LogP contribution in [0.4, 0.5) is 0 Å². The van der Waals surface area contributed by atoms with Crippen molar-refractivity contribution < 1.29 is 22.7 Å². The number of nitrogens with one attached hydrogen (secondary N) is 1. The predicted octanol–water partition coefficient (Wildman–Crippen LogP) is 1.30. The molecule has 0 aliphatic carbocycles. The van der Waals surface area contributed by atoms with Crippen LogP contribution in [0, 0.1) is 0 Å². The third-order valence-corrected chi connectivity index (χ3v) is 6.40. The van der Waals surface area contributed by atoms with E-state index >= 15 is 0 Å². The fourth-order valence-corrected chi connectivity index (χ4v) is 4.65. The van der Waals surface area contributed by atoms with E-state index in [4.69, 9.17) is 4.74 Å². The van der Waals surface area contributed by atoms with E-state index in [0.29, 0.717) is 26.1 Å². The average Bonchev–Trinajstić information content (AvgIpc) is 3.08. The van der Waals surface area contributed by atoms with Crippen LogP contribution in [-0.4, -0.2) is 50.3 Å². The molecule has 8 heteroatoms. The topological polar surface area (TPSA) is 92.8 Å². The Kier molecular flexibility index (Phi) is 5.39. The van der Waals surface area contributed by atoms with Gasteiger partial charge in [0, 0.05) is 19.6 Å². The molecule has 2 aliphatic heterocycles. The zero-order valence-corrected chi connectivity index (χ0v) is 14.8. The Labute approximate surface area is 147 Å². The monoisotopic (exact) mass is 366 g/mol. The molecule has 2 heterocycles. The number of hydrogen-bond acceptors (Lipinski definition) is 5. The molecule has 0 aromatic heterocycles. The van der Waals surface area contributed by atoms with E-state index in [9.17, 15) is 18.0 Å². The molecule has 1 unspecified atom stereocenters. The summed E-state index contributed by atoms with van der Waals surface area (Å²) in [5, 5.41) is 2.71. The summed E-state index contributed by atoms with van der Waals surface area (Å²) in [5.41, 5.74) is 0.136. The molecule has 136 valence electrons. The molecule has 1 amide bonds. The molecule has 0 spiro atoms. The lowest BCUT2D eigenvalue weighted by molar-refractivity contribution is -0.129. The quantitative estimate of drug-likeness (QED) is 0.811. The summed E-state index contributed by atoms with van der Waals surface area (Å²) in [6.45, 7) is 1.58. The number of benzene rings is 1. The minimum absolute atomic E-state index is 0.0779. The smallest absolute Gasteiger partial charge is 0.338 e. The minimum atomic E-state index is -3.60. The second-order valence-electron chi connectivity index (χ2n) is 6.32. The number of rotatable bonds is 4. The molecule has 1 aromatic rings. The zero-order chi connectivity index (χ0) is 17.9. The number of nitrogens with zero attached hydrogens (tertiary/aromatic N) is 1. The van der Waals surface area contributed by atoms with Crippen LogP contribution >= 0.6 is 0 Å². The normalized spacial score (nSPS) is 22.2. The van der Waals surface area contributed by atoms with Gasteiger partial charge in [-0.3, -0.25) is 4.79 Å². The van der Waals surface area contributed by atoms with Crippen LogP contribution in [0.15, 0.2) is 29.2 Å². The molecule has 25 heavy (non-hydrogen) atoms. The van der Waals surface area contributed by atoms with Crippen molar-refractivity contribution in [1.82, 2.24) is 9.62 Å². The van der Waals surface area contributed by atoms with Gasteiger partial charge in [-0.1, -0.05) is 6.07 Å². The predicted molar refractivity (Wildman–Crippen MR) is 90.5 cm³/mol. The molecular weight excluding hydrogens is 344 g/mol. The number of amides is 1. The average molecular weight is 366 g/mol. The summed E-state index contributed by atoms with van der Waals surface area (Å²) in [6.07, 6.45) is 2.98. The van der Waals surface area contributed by atoms with E-state index in [1.54, 1.807) is 0 Å². The van der Waals surface area contributed by atoms with Crippen molar-refractivity contribution in [1.29, 1.82) is 0 Å². The maximum absolute atomic E-state index is 12.6. The van der Waals surface area contributed by atoms with Crippen molar-refractivity contribution in [2.45, 2.75) is 43.1 Å². The third kappa shape index (κ3) is 4.01. The standard InChI is InChI=1S/C17H22N2O5S/c20-16-15(8-1-2-9-18-16)24-17(21)13-6-5-7-14(12-13)25(22,23)19-10-3-4-11-19/h5-7,12,15H,1-4,8-11H2,(H,18,20). The highest BCUT2D eigenvalue weighted by atomic mass is 32.2. The number of sulfonamides is 1. The van der Waals surface area contributed by atoms with Crippen LogP contribution in [0.3, 0.4) is 0 Å². The van der Waals surface area contributed by atoms with E-state index in [-0.39, 0.29) is 16.4 Å². The van der Waals surface area contributed by atoms with E-state index in [1.165, 1.54) is 28.6 Å². The summed E-state index contributed by atoms with van der Waals surface area (Å²) in [7, 11) is -3.60. The summed E-state index contributed by atoms with van der Waals surface area (Å²) in [6, 6.07) is 5.82. The first-order valence-corrected chi connectivity index (χ1v) is 10.0. The summed E-state index contributed by atoms with van der Waals surface area (Å²) in [5.74, 6) is -0.979. The number of hydrogen-bond donors (Lipinski definition) is 1. The molecule has 2 aliphatic rings. The summed E-state index contributed by atoms with van der Waals surface area (Å²) < 4.78 is 31.9. The molecule has 0 radical (unpaired) electrons. The van der Waals surface area contributed by atoms with Gasteiger partial charge in [0.1, 0.15) is 0 Å². The Morgan fingerprint density at radius 3 is 2.68 bits per heavy atom. The SMILES string of the molecule is O=C(OC1CCCCNC1=O)c1cccc(S(=O)(=O)N2CCCC2)c1. The molecule has 2 saturated heterocycles. The lowest BCUT2D eigenvalue weighted by Crippen LogP contribution is -2.36. The Balaban J connectivity index is 1.76. The Bertz CT molecular complexity index is 756. The largest absolute Gasteiger partial charge is 0.449 e. The van der Waals surface area contributed by atoms with Crippen molar-refractivity contribution >= 4 is 21.9 Å². The van der Waals surface area contributed by atoms with Crippen LogP contribution in [-0.2, 0) is 19.6 Å². The van der Waals surface area contributed by atoms with Gasteiger partial charge in [0.15, 0.2) is 6.10 Å². The molecule has 1 N–H and O–H groups in total. The van der Waals surface area contributed by atoms with Crippen molar-refractivity contribution in [3.05, 3.63) is 29.8 Å². The molecule has 2 fully saturated rings. The van der Waals surface area contributed by atoms with Gasteiger partial charge in [0.2, 0.25) is 10.0 Å². The van der Waals surface area contributed by atoms with E-state index in [1.807, 2.05) is 0 Å². The van der Waals surface area contributed by atoms with E-state index < -0.39 is 22.1 Å². The maximum atomic E-state index is 12.6. The van der Waals surface area contributed by atoms with Crippen molar-refractivity contribution in [2.24, 2.45) is 0 Å². The van der Waals surface area contributed by atoms with Gasteiger partial charge in [0.05, 0.1) is 10.5 Å². The van der Waals surface area contributed by atoms with Crippen LogP contribution in [0.5, 0.6) is 0 Å². The molecule has 0 bridgehead atoms. The molecule has 0 saturated carbocycles. The van der Waals surface area contributed by atoms with Crippen LogP contribution in [0.2, 0.25) is 0 Å². The van der Waals surface area contributed by atoms with Gasteiger partial charge in [0.25, 0.3) is 5.91 Å². The van der Waals surface area contributed by atoms with Crippen LogP contribution in [0.1, 0.15) is 42.5 Å². The van der Waals surface area contributed by atoms with E-state index in [2.05, 4.69) is 5.32 Å².